The number of nitrogen functional groups attached to an aromatic ring is 1. The Bertz CT molecular complexity index is 1010. The molecule has 0 saturated heterocycles. The van der Waals surface area contributed by atoms with E-state index in [9.17, 15) is 22.0 Å². The molecule has 28 heavy (non-hydrogen) atoms. The second-order valence-electron chi connectivity index (χ2n) is 6.09. The van der Waals surface area contributed by atoms with Gasteiger partial charge in [0.15, 0.2) is 12.4 Å². The van der Waals surface area contributed by atoms with Crippen molar-refractivity contribution in [2.45, 2.75) is 12.1 Å². The van der Waals surface area contributed by atoms with Gasteiger partial charge in [0.2, 0.25) is 0 Å². The monoisotopic (exact) mass is 401 g/mol. The van der Waals surface area contributed by atoms with Crippen LogP contribution in [0.15, 0.2) is 36.4 Å². The first-order chi connectivity index (χ1) is 13.0. The number of hydrogen-bond donors (Lipinski definition) is 1. The Morgan fingerprint density at radius 3 is 2.43 bits per heavy atom. The van der Waals surface area contributed by atoms with Gasteiger partial charge in [0.05, 0.1) is 12.6 Å². The lowest BCUT2D eigenvalue weighted by Gasteiger charge is -2.21. The van der Waals surface area contributed by atoms with Gasteiger partial charge in [-0.2, -0.15) is 27.1 Å². The zero-order chi connectivity index (χ0) is 20.7. The highest BCUT2D eigenvalue weighted by molar-refractivity contribution is 5.93. The van der Waals surface area contributed by atoms with Gasteiger partial charge in [-0.05, 0) is 35.9 Å². The Labute approximate surface area is 156 Å². The average molecular weight is 401 g/mol. The van der Waals surface area contributed by atoms with Gasteiger partial charge in [0.25, 0.3) is 0 Å². The molecule has 0 aliphatic heterocycles. The van der Waals surface area contributed by atoms with Crippen LogP contribution in [0.5, 0.6) is 11.5 Å². The van der Waals surface area contributed by atoms with Gasteiger partial charge in [0, 0.05) is 18.0 Å². The van der Waals surface area contributed by atoms with Crippen LogP contribution < -0.4 is 15.2 Å². The molecular formula is C18H16F5N3O2. The minimum Gasteiger partial charge on any atom is -0.497 e. The maximum atomic E-state index is 13.3. The summed E-state index contributed by atoms with van der Waals surface area (Å²) in [5, 5.41) is 4.77. The third-order valence-electron chi connectivity index (χ3n) is 4.20. The van der Waals surface area contributed by atoms with E-state index in [1.165, 1.54) is 30.0 Å². The molecule has 150 valence electrons. The van der Waals surface area contributed by atoms with Gasteiger partial charge in [-0.15, -0.1) is 0 Å². The molecule has 2 aromatic carbocycles. The molecule has 0 fully saturated rings. The third-order valence-corrected chi connectivity index (χ3v) is 4.20. The van der Waals surface area contributed by atoms with Gasteiger partial charge in [-0.1, -0.05) is 6.07 Å². The van der Waals surface area contributed by atoms with Crippen LogP contribution in [0.2, 0.25) is 0 Å². The summed E-state index contributed by atoms with van der Waals surface area (Å²) in [6.07, 6.45) is -5.70. The number of rotatable bonds is 5. The number of halogens is 5. The highest BCUT2D eigenvalue weighted by Gasteiger charge is 2.58. The fraction of sp³-hybridized carbons (Fsp3) is 0.278. The van der Waals surface area contributed by atoms with E-state index >= 15 is 0 Å². The van der Waals surface area contributed by atoms with E-state index in [1.807, 2.05) is 0 Å². The largest absolute Gasteiger partial charge is 0.497 e. The molecule has 2 N–H and O–H groups in total. The number of nitrogens with two attached hydrogens (primary N) is 1. The van der Waals surface area contributed by atoms with Crippen LogP contribution in [0.1, 0.15) is 0 Å². The molecule has 5 nitrogen and oxygen atoms in total. The summed E-state index contributed by atoms with van der Waals surface area (Å²) in [5.41, 5.74) is 7.27. The smallest absolute Gasteiger partial charge is 0.456 e. The molecule has 0 spiro atoms. The van der Waals surface area contributed by atoms with Crippen molar-refractivity contribution in [3.05, 3.63) is 36.4 Å². The number of hydrogen-bond acceptors (Lipinski definition) is 4. The molecule has 1 heterocycles. The first-order valence-electron chi connectivity index (χ1n) is 8.01. The summed E-state index contributed by atoms with van der Waals surface area (Å²) < 4.78 is 75.3. The van der Waals surface area contributed by atoms with Crippen molar-refractivity contribution in [1.82, 2.24) is 9.78 Å². The molecule has 0 aliphatic rings. The van der Waals surface area contributed by atoms with Crippen LogP contribution in [0, 0.1) is 0 Å². The van der Waals surface area contributed by atoms with E-state index in [0.717, 1.165) is 0 Å². The molecule has 0 radical (unpaired) electrons. The molecule has 1 aromatic heterocycles. The summed E-state index contributed by atoms with van der Waals surface area (Å²) in [6.45, 7) is -1.84. The lowest BCUT2D eigenvalue weighted by atomic mass is 10.0. The summed E-state index contributed by atoms with van der Waals surface area (Å²) >= 11 is 0. The van der Waals surface area contributed by atoms with E-state index < -0.39 is 18.7 Å². The van der Waals surface area contributed by atoms with E-state index in [0.29, 0.717) is 33.6 Å². The Morgan fingerprint density at radius 2 is 1.79 bits per heavy atom. The number of benzene rings is 2. The van der Waals surface area contributed by atoms with Crippen LogP contribution in [0.25, 0.3) is 22.0 Å². The number of nitrogens with zero attached hydrogens (tertiary/aromatic N) is 2. The number of ether oxygens (including phenoxy) is 2. The minimum atomic E-state index is -5.70. The van der Waals surface area contributed by atoms with Gasteiger partial charge in [-0.25, -0.2) is 0 Å². The maximum Gasteiger partial charge on any atom is 0.456 e. The highest BCUT2D eigenvalue weighted by atomic mass is 19.4. The molecule has 0 bridgehead atoms. The maximum absolute atomic E-state index is 13.3. The lowest BCUT2D eigenvalue weighted by Crippen LogP contribution is -2.41. The zero-order valence-electron chi connectivity index (χ0n) is 14.8. The molecule has 3 aromatic rings. The Morgan fingerprint density at radius 1 is 1.07 bits per heavy atom. The zero-order valence-corrected chi connectivity index (χ0v) is 14.8. The lowest BCUT2D eigenvalue weighted by molar-refractivity contribution is -0.289. The van der Waals surface area contributed by atoms with Crippen molar-refractivity contribution in [1.29, 1.82) is 0 Å². The highest BCUT2D eigenvalue weighted by Crippen LogP contribution is 2.39. The molecule has 0 unspecified atom stereocenters. The Hall–Kier alpha value is -3.04. The number of fused-ring (bicyclic) bond motifs is 1. The van der Waals surface area contributed by atoms with Crippen LogP contribution in [0.3, 0.4) is 0 Å². The quantitative estimate of drug-likeness (QED) is 0.644. The van der Waals surface area contributed by atoms with Crippen molar-refractivity contribution in [3.63, 3.8) is 0 Å². The minimum absolute atomic E-state index is 0.140. The second kappa shape index (κ2) is 6.84. The standard InChI is InChI=1S/C18H16F5N3O2/c1-26-14-7-10(3-5-12(14)16(24)25-26)13-8-11(27-2)4-6-15(13)28-9-17(19,20)18(21,22)23/h3-8H,9H2,1-2H3,(H2,24,25). The fourth-order valence-corrected chi connectivity index (χ4v) is 2.69. The van der Waals surface area contributed by atoms with Crippen molar-refractivity contribution < 1.29 is 31.4 Å². The SMILES string of the molecule is COc1ccc(OCC(F)(F)C(F)(F)F)c(-c2ccc3c(N)nn(C)c3c2)c1. The Balaban J connectivity index is 2.03. The molecule has 0 aliphatic carbocycles. The van der Waals surface area contributed by atoms with Crippen LogP contribution >= 0.6 is 0 Å². The normalized spacial score (nSPS) is 12.4. The molecular weight excluding hydrogens is 385 g/mol. The van der Waals surface area contributed by atoms with Crippen LogP contribution in [-0.4, -0.2) is 35.6 Å². The summed E-state index contributed by atoms with van der Waals surface area (Å²) in [6, 6.07) is 9.18. The van der Waals surface area contributed by atoms with Crippen molar-refractivity contribution in [3.8, 4) is 22.6 Å². The Kier molecular flexibility index (Phi) is 4.82. The molecule has 0 saturated carbocycles. The van der Waals surface area contributed by atoms with Crippen molar-refractivity contribution in [2.75, 3.05) is 19.5 Å². The van der Waals surface area contributed by atoms with Gasteiger partial charge < -0.3 is 15.2 Å². The van der Waals surface area contributed by atoms with Crippen molar-refractivity contribution >= 4 is 16.7 Å². The predicted molar refractivity (Wildman–Crippen MR) is 93.6 cm³/mol. The molecule has 0 atom stereocenters. The number of aryl methyl sites for hydroxylation is 1. The van der Waals surface area contributed by atoms with E-state index in [4.69, 9.17) is 15.2 Å². The second-order valence-corrected chi connectivity index (χ2v) is 6.09. The fourth-order valence-electron chi connectivity index (χ4n) is 2.69. The summed E-state index contributed by atoms with van der Waals surface area (Å²) in [4.78, 5) is 0. The summed E-state index contributed by atoms with van der Waals surface area (Å²) in [7, 11) is 3.08. The van der Waals surface area contributed by atoms with Gasteiger partial charge in [-0.3, -0.25) is 4.68 Å². The van der Waals surface area contributed by atoms with Crippen LogP contribution in [0.4, 0.5) is 27.8 Å². The number of alkyl halides is 5. The van der Waals surface area contributed by atoms with Gasteiger partial charge >= 0.3 is 12.1 Å². The van der Waals surface area contributed by atoms with E-state index in [2.05, 4.69) is 5.10 Å². The van der Waals surface area contributed by atoms with E-state index in [1.54, 1.807) is 25.2 Å². The van der Waals surface area contributed by atoms with Crippen LogP contribution in [-0.2, 0) is 7.05 Å². The topological polar surface area (TPSA) is 62.3 Å². The van der Waals surface area contributed by atoms with Crippen molar-refractivity contribution in [2.24, 2.45) is 7.05 Å². The molecule has 10 heteroatoms. The molecule has 0 amide bonds. The predicted octanol–water partition coefficient (Wildman–Crippen LogP) is 4.41. The third kappa shape index (κ3) is 3.54. The number of anilines is 1. The number of methoxy groups -OCH3 is 1. The average Bonchev–Trinajstić information content (AvgIpc) is 2.92. The van der Waals surface area contributed by atoms with E-state index in [-0.39, 0.29) is 5.75 Å². The summed E-state index contributed by atoms with van der Waals surface area (Å²) in [5.74, 6) is -4.42. The number of aromatic nitrogens is 2. The first kappa shape index (κ1) is 19.7. The first-order valence-corrected chi connectivity index (χ1v) is 8.01. The van der Waals surface area contributed by atoms with Gasteiger partial charge in [0.1, 0.15) is 11.5 Å². The molecule has 3 rings (SSSR count).